The fourth-order valence-electron chi connectivity index (χ4n) is 1.12. The molecule has 0 saturated heterocycles. The lowest BCUT2D eigenvalue weighted by Crippen LogP contribution is -2.07. The lowest BCUT2D eigenvalue weighted by molar-refractivity contribution is 0.967. The Morgan fingerprint density at radius 2 is 2.36 bits per heavy atom. The summed E-state index contributed by atoms with van der Waals surface area (Å²) in [4.78, 5) is 3.94. The van der Waals surface area contributed by atoms with Gasteiger partial charge in [0.05, 0.1) is 0 Å². The molecule has 0 fully saturated rings. The van der Waals surface area contributed by atoms with E-state index < -0.39 is 0 Å². The van der Waals surface area contributed by atoms with E-state index in [-0.39, 0.29) is 0 Å². The van der Waals surface area contributed by atoms with Gasteiger partial charge >= 0.3 is 0 Å². The summed E-state index contributed by atoms with van der Waals surface area (Å²) in [7, 11) is 1.83. The highest BCUT2D eigenvalue weighted by Crippen LogP contribution is 2.09. The van der Waals surface area contributed by atoms with Gasteiger partial charge in [-0.2, -0.15) is 0 Å². The van der Waals surface area contributed by atoms with E-state index in [9.17, 15) is 0 Å². The Balaban J connectivity index is 2.80. The fraction of sp³-hybridized carbons (Fsp3) is 0.167. The van der Waals surface area contributed by atoms with Gasteiger partial charge < -0.3 is 11.2 Å². The summed E-state index contributed by atoms with van der Waals surface area (Å²) in [5.41, 5.74) is 9.43. The van der Waals surface area contributed by atoms with Gasteiger partial charge in [-0.25, -0.2) is 9.66 Å². The van der Waals surface area contributed by atoms with Crippen molar-refractivity contribution in [3.05, 3.63) is 18.7 Å². The van der Waals surface area contributed by atoms with Crippen LogP contribution in [0.25, 0.3) is 5.65 Å². The lowest BCUT2D eigenvalue weighted by atomic mass is 10.7. The van der Waals surface area contributed by atoms with Crippen LogP contribution in [0.5, 0.6) is 0 Å². The number of aromatic nitrogens is 3. The second kappa shape index (κ2) is 1.91. The molecular formula is C6H9N5. The standard InChI is InChI=1S/C6H9N5/c1-8-11-3-2-10-4-9-5(7)6(10)11/h2-4,8H,7H2,1H3. The predicted molar refractivity (Wildman–Crippen MR) is 42.9 cm³/mol. The lowest BCUT2D eigenvalue weighted by Gasteiger charge is -1.99. The van der Waals surface area contributed by atoms with Crippen molar-refractivity contribution in [3.63, 3.8) is 0 Å². The van der Waals surface area contributed by atoms with Crippen molar-refractivity contribution in [2.45, 2.75) is 0 Å². The molecule has 5 heteroatoms. The third-order valence-corrected chi connectivity index (χ3v) is 1.64. The average Bonchev–Trinajstić information content (AvgIpc) is 2.54. The Bertz CT molecular complexity index is 371. The average molecular weight is 151 g/mol. The van der Waals surface area contributed by atoms with Crippen LogP contribution in [-0.2, 0) is 0 Å². The minimum atomic E-state index is 0.532. The minimum absolute atomic E-state index is 0.532. The first kappa shape index (κ1) is 6.09. The maximum absolute atomic E-state index is 5.60. The number of hydrogen-bond donors (Lipinski definition) is 2. The molecule has 11 heavy (non-hydrogen) atoms. The van der Waals surface area contributed by atoms with Crippen molar-refractivity contribution >= 4 is 11.5 Å². The van der Waals surface area contributed by atoms with Crippen molar-refractivity contribution in [2.24, 2.45) is 0 Å². The molecule has 0 bridgehead atoms. The summed E-state index contributed by atoms with van der Waals surface area (Å²) in [5, 5.41) is 0. The molecule has 2 aromatic rings. The van der Waals surface area contributed by atoms with Gasteiger partial charge in [0.2, 0.25) is 0 Å². The molecule has 0 unspecified atom stereocenters. The molecule has 0 saturated carbocycles. The van der Waals surface area contributed by atoms with Crippen LogP contribution in [0.15, 0.2) is 18.7 Å². The number of fused-ring (bicyclic) bond motifs is 1. The topological polar surface area (TPSA) is 60.3 Å². The number of nitrogens with one attached hydrogen (secondary N) is 1. The molecule has 2 heterocycles. The van der Waals surface area contributed by atoms with Gasteiger partial charge in [0.25, 0.3) is 0 Å². The SMILES string of the molecule is CNn1ccn2cnc(N)c12. The molecule has 0 spiro atoms. The number of nitrogens with two attached hydrogens (primary N) is 1. The molecule has 3 N–H and O–H groups in total. The van der Waals surface area contributed by atoms with Crippen molar-refractivity contribution in [1.29, 1.82) is 0 Å². The molecular weight excluding hydrogens is 142 g/mol. The van der Waals surface area contributed by atoms with Gasteiger partial charge in [-0.05, 0) is 0 Å². The summed E-state index contributed by atoms with van der Waals surface area (Å²) in [6.07, 6.45) is 5.45. The molecule has 2 aromatic heterocycles. The van der Waals surface area contributed by atoms with E-state index in [1.165, 1.54) is 0 Å². The summed E-state index contributed by atoms with van der Waals surface area (Å²) in [6.45, 7) is 0. The van der Waals surface area contributed by atoms with Gasteiger partial charge in [-0.1, -0.05) is 0 Å². The van der Waals surface area contributed by atoms with Crippen LogP contribution < -0.4 is 11.2 Å². The van der Waals surface area contributed by atoms with Crippen LogP contribution in [0.1, 0.15) is 0 Å². The first-order valence-electron chi connectivity index (χ1n) is 3.30. The Morgan fingerprint density at radius 1 is 1.55 bits per heavy atom. The van der Waals surface area contributed by atoms with E-state index >= 15 is 0 Å². The van der Waals surface area contributed by atoms with E-state index in [0.29, 0.717) is 5.82 Å². The van der Waals surface area contributed by atoms with E-state index in [2.05, 4.69) is 10.4 Å². The van der Waals surface area contributed by atoms with Crippen molar-refractivity contribution in [1.82, 2.24) is 14.1 Å². The first-order valence-corrected chi connectivity index (χ1v) is 3.30. The molecule has 0 aliphatic carbocycles. The number of nitrogens with zero attached hydrogens (tertiary/aromatic N) is 3. The largest absolute Gasteiger partial charge is 0.381 e. The van der Waals surface area contributed by atoms with Crippen LogP contribution in [0.2, 0.25) is 0 Å². The van der Waals surface area contributed by atoms with Crippen molar-refractivity contribution in [2.75, 3.05) is 18.2 Å². The number of nitrogen functional groups attached to an aromatic ring is 1. The second-order valence-electron chi connectivity index (χ2n) is 2.25. The first-order chi connectivity index (χ1) is 5.33. The molecule has 0 aliphatic rings. The second-order valence-corrected chi connectivity index (χ2v) is 2.25. The fourth-order valence-corrected chi connectivity index (χ4v) is 1.12. The van der Waals surface area contributed by atoms with E-state index in [0.717, 1.165) is 5.65 Å². The number of imidazole rings is 2. The Morgan fingerprint density at radius 3 is 3.09 bits per heavy atom. The highest BCUT2D eigenvalue weighted by Gasteiger charge is 2.03. The molecule has 0 aliphatic heterocycles. The van der Waals surface area contributed by atoms with Gasteiger partial charge in [-0.3, -0.25) is 4.40 Å². The number of anilines is 1. The Hall–Kier alpha value is -1.65. The van der Waals surface area contributed by atoms with Crippen molar-refractivity contribution in [3.8, 4) is 0 Å². The maximum Gasteiger partial charge on any atom is 0.180 e. The summed E-state index contributed by atoms with van der Waals surface area (Å²) >= 11 is 0. The van der Waals surface area contributed by atoms with Crippen LogP contribution in [0.4, 0.5) is 5.82 Å². The van der Waals surface area contributed by atoms with E-state index in [4.69, 9.17) is 5.73 Å². The molecule has 0 atom stereocenters. The number of hydrogen-bond acceptors (Lipinski definition) is 3. The molecule has 2 rings (SSSR count). The summed E-state index contributed by atoms with van der Waals surface area (Å²) < 4.78 is 3.66. The Labute approximate surface area is 63.4 Å². The third kappa shape index (κ3) is 0.674. The summed E-state index contributed by atoms with van der Waals surface area (Å²) in [5.74, 6) is 0.532. The van der Waals surface area contributed by atoms with Gasteiger partial charge in [0.15, 0.2) is 11.5 Å². The predicted octanol–water partition coefficient (Wildman–Crippen LogP) is -0.109. The highest BCUT2D eigenvalue weighted by molar-refractivity contribution is 5.61. The van der Waals surface area contributed by atoms with Crippen molar-refractivity contribution < 1.29 is 0 Å². The van der Waals surface area contributed by atoms with Gasteiger partial charge in [0.1, 0.15) is 6.33 Å². The monoisotopic (exact) mass is 151 g/mol. The smallest absolute Gasteiger partial charge is 0.180 e. The minimum Gasteiger partial charge on any atom is -0.381 e. The molecule has 5 nitrogen and oxygen atoms in total. The third-order valence-electron chi connectivity index (χ3n) is 1.64. The van der Waals surface area contributed by atoms with E-state index in [1.807, 2.05) is 28.5 Å². The van der Waals surface area contributed by atoms with Gasteiger partial charge in [0, 0.05) is 19.4 Å². The zero-order valence-corrected chi connectivity index (χ0v) is 6.15. The number of rotatable bonds is 1. The highest BCUT2D eigenvalue weighted by atomic mass is 15.4. The molecule has 58 valence electrons. The van der Waals surface area contributed by atoms with Crippen LogP contribution in [0, 0.1) is 0 Å². The molecule has 0 aromatic carbocycles. The normalized spacial score (nSPS) is 10.6. The van der Waals surface area contributed by atoms with Gasteiger partial charge in [-0.15, -0.1) is 0 Å². The zero-order valence-electron chi connectivity index (χ0n) is 6.15. The maximum atomic E-state index is 5.60. The van der Waals surface area contributed by atoms with Crippen LogP contribution in [-0.4, -0.2) is 21.1 Å². The molecule has 0 amide bonds. The summed E-state index contributed by atoms with van der Waals surface area (Å²) in [6, 6.07) is 0. The van der Waals surface area contributed by atoms with Crippen LogP contribution in [0.3, 0.4) is 0 Å². The van der Waals surface area contributed by atoms with Crippen LogP contribution >= 0.6 is 0 Å². The molecule has 0 radical (unpaired) electrons. The Kier molecular flexibility index (Phi) is 1.06. The quantitative estimate of drug-likeness (QED) is 0.598. The van der Waals surface area contributed by atoms with E-state index in [1.54, 1.807) is 6.33 Å². The zero-order chi connectivity index (χ0) is 7.84.